The lowest BCUT2D eigenvalue weighted by atomic mass is 10.1. The molecule has 1 aliphatic heterocycles. The van der Waals surface area contributed by atoms with Crippen LogP contribution in [0.2, 0.25) is 0 Å². The van der Waals surface area contributed by atoms with Crippen molar-refractivity contribution in [2.45, 2.75) is 6.42 Å². The van der Waals surface area contributed by atoms with E-state index in [0.29, 0.717) is 5.92 Å². The molecule has 5 nitrogen and oxygen atoms in total. The quantitative estimate of drug-likeness (QED) is 0.748. The lowest BCUT2D eigenvalue weighted by Gasteiger charge is -2.10. The first-order valence-corrected chi connectivity index (χ1v) is 5.85. The molecule has 0 saturated carbocycles. The van der Waals surface area contributed by atoms with Crippen molar-refractivity contribution in [3.05, 3.63) is 28.7 Å². The first-order valence-electron chi connectivity index (χ1n) is 5.85. The number of H-pyrrole nitrogens is 2. The highest BCUT2D eigenvalue weighted by Crippen LogP contribution is 2.17. The molecule has 1 fully saturated rings. The van der Waals surface area contributed by atoms with E-state index in [4.69, 9.17) is 4.74 Å². The van der Waals surface area contributed by atoms with Crippen LogP contribution in [0.3, 0.4) is 0 Å². The summed E-state index contributed by atoms with van der Waals surface area (Å²) in [4.78, 5) is 16.6. The molecule has 0 spiro atoms. The fourth-order valence-corrected chi connectivity index (χ4v) is 2.15. The van der Waals surface area contributed by atoms with Crippen molar-refractivity contribution in [2.24, 2.45) is 5.92 Å². The number of anilines is 1. The molecule has 2 heterocycles. The summed E-state index contributed by atoms with van der Waals surface area (Å²) in [5.41, 5.74) is 2.54. The Balaban J connectivity index is 1.73. The summed E-state index contributed by atoms with van der Waals surface area (Å²) in [5, 5.41) is 3.37. The van der Waals surface area contributed by atoms with Gasteiger partial charge in [-0.2, -0.15) is 0 Å². The monoisotopic (exact) mass is 233 g/mol. The van der Waals surface area contributed by atoms with Crippen LogP contribution in [0.5, 0.6) is 0 Å². The van der Waals surface area contributed by atoms with E-state index in [9.17, 15) is 4.79 Å². The van der Waals surface area contributed by atoms with Crippen molar-refractivity contribution < 1.29 is 4.74 Å². The summed E-state index contributed by atoms with van der Waals surface area (Å²) in [5.74, 6) is 0.593. The van der Waals surface area contributed by atoms with Gasteiger partial charge in [-0.25, -0.2) is 4.79 Å². The van der Waals surface area contributed by atoms with E-state index >= 15 is 0 Å². The number of rotatable bonds is 3. The maximum absolute atomic E-state index is 11.1. The molecule has 1 unspecified atom stereocenters. The zero-order chi connectivity index (χ0) is 11.7. The number of fused-ring (bicyclic) bond motifs is 1. The zero-order valence-corrected chi connectivity index (χ0v) is 9.45. The summed E-state index contributed by atoms with van der Waals surface area (Å²) in [7, 11) is 0. The van der Waals surface area contributed by atoms with Crippen molar-refractivity contribution in [1.29, 1.82) is 0 Å². The third-order valence-corrected chi connectivity index (χ3v) is 3.13. The number of aromatic nitrogens is 2. The summed E-state index contributed by atoms with van der Waals surface area (Å²) >= 11 is 0. The van der Waals surface area contributed by atoms with Crippen molar-refractivity contribution >= 4 is 16.7 Å². The Morgan fingerprint density at radius 3 is 3.06 bits per heavy atom. The number of ether oxygens (including phenoxy) is 1. The highest BCUT2D eigenvalue weighted by atomic mass is 16.5. The van der Waals surface area contributed by atoms with Crippen molar-refractivity contribution in [3.8, 4) is 0 Å². The summed E-state index contributed by atoms with van der Waals surface area (Å²) < 4.78 is 5.33. The predicted octanol–water partition coefficient (Wildman–Crippen LogP) is 1.30. The van der Waals surface area contributed by atoms with Crippen molar-refractivity contribution in [2.75, 3.05) is 25.1 Å². The van der Waals surface area contributed by atoms with Crippen LogP contribution < -0.4 is 11.0 Å². The lowest BCUT2D eigenvalue weighted by molar-refractivity contribution is 0.187. The minimum absolute atomic E-state index is 0.165. The molecular formula is C12H15N3O2. The van der Waals surface area contributed by atoms with Gasteiger partial charge in [-0.1, -0.05) is 0 Å². The van der Waals surface area contributed by atoms with E-state index in [0.717, 1.165) is 42.9 Å². The third-order valence-electron chi connectivity index (χ3n) is 3.13. The van der Waals surface area contributed by atoms with E-state index < -0.39 is 0 Å². The standard InChI is InChI=1S/C12H15N3O2/c16-12-14-10-2-1-9(5-11(10)15-12)13-6-8-3-4-17-7-8/h1-2,5,8,13H,3-4,6-7H2,(H2,14,15,16). The van der Waals surface area contributed by atoms with Gasteiger partial charge in [0.2, 0.25) is 0 Å². The Hall–Kier alpha value is -1.75. The predicted molar refractivity (Wildman–Crippen MR) is 66.3 cm³/mol. The van der Waals surface area contributed by atoms with E-state index in [-0.39, 0.29) is 5.69 Å². The van der Waals surface area contributed by atoms with Gasteiger partial charge in [0.1, 0.15) is 0 Å². The van der Waals surface area contributed by atoms with Gasteiger partial charge in [-0.15, -0.1) is 0 Å². The molecule has 1 atom stereocenters. The molecule has 1 saturated heterocycles. The second-order valence-electron chi connectivity index (χ2n) is 4.45. The summed E-state index contributed by atoms with van der Waals surface area (Å²) in [6.45, 7) is 2.63. The second-order valence-corrected chi connectivity index (χ2v) is 4.45. The molecule has 5 heteroatoms. The van der Waals surface area contributed by atoms with Gasteiger partial charge < -0.3 is 20.0 Å². The summed E-state index contributed by atoms with van der Waals surface area (Å²) in [6, 6.07) is 5.83. The van der Waals surface area contributed by atoms with Crippen LogP contribution in [0.4, 0.5) is 5.69 Å². The number of benzene rings is 1. The second kappa shape index (κ2) is 4.25. The van der Waals surface area contributed by atoms with Crippen molar-refractivity contribution in [1.82, 2.24) is 9.97 Å². The molecule has 1 aromatic carbocycles. The van der Waals surface area contributed by atoms with Crippen molar-refractivity contribution in [3.63, 3.8) is 0 Å². The molecule has 17 heavy (non-hydrogen) atoms. The number of aromatic amines is 2. The topological polar surface area (TPSA) is 69.9 Å². The van der Waals surface area contributed by atoms with Crippen LogP contribution in [0, 0.1) is 5.92 Å². The largest absolute Gasteiger partial charge is 0.385 e. The molecule has 3 N–H and O–H groups in total. The van der Waals surface area contributed by atoms with E-state index in [1.54, 1.807) is 0 Å². The normalized spacial score (nSPS) is 19.9. The summed E-state index contributed by atoms with van der Waals surface area (Å²) in [6.07, 6.45) is 1.12. The van der Waals surface area contributed by atoms with Crippen LogP contribution in [-0.4, -0.2) is 29.7 Å². The fraction of sp³-hybridized carbons (Fsp3) is 0.417. The Kier molecular flexibility index (Phi) is 2.60. The first kappa shape index (κ1) is 10.4. The molecule has 0 radical (unpaired) electrons. The zero-order valence-electron chi connectivity index (χ0n) is 9.45. The third kappa shape index (κ3) is 2.19. The number of hydrogen-bond acceptors (Lipinski definition) is 3. The maximum Gasteiger partial charge on any atom is 0.323 e. The van der Waals surface area contributed by atoms with Crippen LogP contribution in [0.25, 0.3) is 11.0 Å². The van der Waals surface area contributed by atoms with Crippen LogP contribution in [0.1, 0.15) is 6.42 Å². The molecule has 3 rings (SSSR count). The van der Waals surface area contributed by atoms with Gasteiger partial charge in [0.25, 0.3) is 0 Å². The van der Waals surface area contributed by atoms with Gasteiger partial charge in [0.05, 0.1) is 17.6 Å². The van der Waals surface area contributed by atoms with E-state index in [1.807, 2.05) is 18.2 Å². The van der Waals surface area contributed by atoms with Gasteiger partial charge in [0.15, 0.2) is 0 Å². The Morgan fingerprint density at radius 2 is 2.24 bits per heavy atom. The Morgan fingerprint density at radius 1 is 1.35 bits per heavy atom. The molecule has 0 aliphatic carbocycles. The fourth-order valence-electron chi connectivity index (χ4n) is 2.15. The molecule has 1 aliphatic rings. The average molecular weight is 233 g/mol. The molecule has 0 bridgehead atoms. The maximum atomic E-state index is 11.1. The van der Waals surface area contributed by atoms with Gasteiger partial charge in [-0.3, -0.25) is 0 Å². The van der Waals surface area contributed by atoms with E-state index in [2.05, 4.69) is 15.3 Å². The minimum atomic E-state index is -0.165. The van der Waals surface area contributed by atoms with Gasteiger partial charge >= 0.3 is 5.69 Å². The molecule has 2 aromatic rings. The highest BCUT2D eigenvalue weighted by molar-refractivity contribution is 5.78. The minimum Gasteiger partial charge on any atom is -0.385 e. The van der Waals surface area contributed by atoms with Gasteiger partial charge in [-0.05, 0) is 24.6 Å². The van der Waals surface area contributed by atoms with Crippen LogP contribution in [-0.2, 0) is 4.74 Å². The number of imidazole rings is 1. The van der Waals surface area contributed by atoms with Crippen LogP contribution in [0.15, 0.2) is 23.0 Å². The number of nitrogens with one attached hydrogen (secondary N) is 3. The van der Waals surface area contributed by atoms with Gasteiger partial charge in [0, 0.05) is 24.8 Å². The average Bonchev–Trinajstić information content (AvgIpc) is 2.92. The molecule has 90 valence electrons. The highest BCUT2D eigenvalue weighted by Gasteiger charge is 2.14. The SMILES string of the molecule is O=c1[nH]c2ccc(NCC3CCOC3)cc2[nH]1. The van der Waals surface area contributed by atoms with Crippen LogP contribution >= 0.6 is 0 Å². The molecule has 1 aromatic heterocycles. The Bertz CT molecular complexity index is 566. The molecular weight excluding hydrogens is 218 g/mol. The van der Waals surface area contributed by atoms with E-state index in [1.165, 1.54) is 0 Å². The Labute approximate surface area is 98.2 Å². The number of hydrogen-bond donors (Lipinski definition) is 3. The lowest BCUT2D eigenvalue weighted by Crippen LogP contribution is -2.13. The smallest absolute Gasteiger partial charge is 0.323 e. The first-order chi connectivity index (χ1) is 8.31. The molecule has 0 amide bonds.